The number of benzene rings is 2. The lowest BCUT2D eigenvalue weighted by molar-refractivity contribution is 0.0939. The Hall–Kier alpha value is -4.46. The first-order valence-corrected chi connectivity index (χ1v) is 10.1. The van der Waals surface area contributed by atoms with Crippen LogP contribution in [0, 0.1) is 0 Å². The third-order valence-electron chi connectivity index (χ3n) is 5.08. The highest BCUT2D eigenvalue weighted by Crippen LogP contribution is 2.27. The summed E-state index contributed by atoms with van der Waals surface area (Å²) in [6.07, 6.45) is 2.89. The monoisotopic (exact) mass is 442 g/mol. The van der Waals surface area contributed by atoms with Crippen molar-refractivity contribution in [2.45, 2.75) is 6.04 Å². The Morgan fingerprint density at radius 3 is 1.97 bits per heavy atom. The van der Waals surface area contributed by atoms with E-state index in [1.165, 1.54) is 6.20 Å². The lowest BCUT2D eigenvalue weighted by Crippen LogP contribution is -2.29. The predicted octanol–water partition coefficient (Wildman–Crippen LogP) is 3.78. The Bertz CT molecular complexity index is 1180. The van der Waals surface area contributed by atoms with E-state index < -0.39 is 17.8 Å². The Morgan fingerprint density at radius 1 is 0.879 bits per heavy atom. The molecule has 8 nitrogen and oxygen atoms in total. The van der Waals surface area contributed by atoms with Crippen molar-refractivity contribution in [3.8, 4) is 28.9 Å². The maximum atomic E-state index is 13.1. The summed E-state index contributed by atoms with van der Waals surface area (Å²) in [5.41, 5.74) is 2.12. The van der Waals surface area contributed by atoms with Crippen LogP contribution < -0.4 is 14.8 Å². The van der Waals surface area contributed by atoms with E-state index >= 15 is 0 Å². The summed E-state index contributed by atoms with van der Waals surface area (Å²) in [5.74, 6) is 0.694. The molecule has 0 unspecified atom stereocenters. The molecule has 166 valence electrons. The number of carbonyl (C=O) groups excluding carboxylic acids is 1. The summed E-state index contributed by atoms with van der Waals surface area (Å²) in [5, 5.41) is 13.4. The molecular formula is C25H22N4O4. The summed E-state index contributed by atoms with van der Waals surface area (Å²) in [6, 6.07) is 19.5. The van der Waals surface area contributed by atoms with E-state index in [0.29, 0.717) is 17.2 Å². The van der Waals surface area contributed by atoms with Gasteiger partial charge in [0.15, 0.2) is 5.82 Å². The lowest BCUT2D eigenvalue weighted by Gasteiger charge is -2.20. The number of aromatic hydroxyl groups is 1. The van der Waals surface area contributed by atoms with Gasteiger partial charge in [0.25, 0.3) is 5.91 Å². The summed E-state index contributed by atoms with van der Waals surface area (Å²) < 4.78 is 10.5. The van der Waals surface area contributed by atoms with Crippen LogP contribution >= 0.6 is 0 Å². The van der Waals surface area contributed by atoms with Crippen LogP contribution in [-0.4, -0.2) is 40.2 Å². The van der Waals surface area contributed by atoms with Crippen molar-refractivity contribution < 1.29 is 19.4 Å². The van der Waals surface area contributed by atoms with Crippen molar-refractivity contribution in [2.75, 3.05) is 14.2 Å². The minimum absolute atomic E-state index is 0.0401. The van der Waals surface area contributed by atoms with Gasteiger partial charge >= 0.3 is 0 Å². The second kappa shape index (κ2) is 9.78. The van der Waals surface area contributed by atoms with Crippen molar-refractivity contribution in [3.05, 3.63) is 95.8 Å². The number of nitrogens with one attached hydrogen (secondary N) is 1. The number of aromatic nitrogens is 3. The van der Waals surface area contributed by atoms with Crippen LogP contribution in [-0.2, 0) is 0 Å². The number of pyridine rings is 1. The van der Waals surface area contributed by atoms with Gasteiger partial charge in [-0.25, -0.2) is 4.98 Å². The number of methoxy groups -OCH3 is 2. The third kappa shape index (κ3) is 4.90. The first-order chi connectivity index (χ1) is 16.1. The van der Waals surface area contributed by atoms with Gasteiger partial charge in [-0.15, -0.1) is 0 Å². The standard InChI is InChI=1S/C25H22N4O4/c1-32-18-10-6-16(7-11-18)22(17-8-12-19(33-2)13-9-17)28-24(30)20-15-27-23(29-25(20)31)21-5-3-4-14-26-21/h3-15,22H,1-2H3,(H,28,30)(H,27,29,31). The maximum Gasteiger partial charge on any atom is 0.259 e. The van der Waals surface area contributed by atoms with Gasteiger partial charge in [-0.3, -0.25) is 9.78 Å². The quantitative estimate of drug-likeness (QED) is 0.449. The Kier molecular flexibility index (Phi) is 6.45. The molecule has 0 aliphatic heterocycles. The highest BCUT2D eigenvalue weighted by Gasteiger charge is 2.22. The highest BCUT2D eigenvalue weighted by molar-refractivity contribution is 5.96. The van der Waals surface area contributed by atoms with E-state index in [-0.39, 0.29) is 11.4 Å². The Labute approximate surface area is 190 Å². The van der Waals surface area contributed by atoms with Crippen molar-refractivity contribution in [2.24, 2.45) is 0 Å². The van der Waals surface area contributed by atoms with Gasteiger partial charge in [-0.05, 0) is 47.5 Å². The zero-order valence-corrected chi connectivity index (χ0v) is 18.1. The molecular weight excluding hydrogens is 420 g/mol. The second-order valence-corrected chi connectivity index (χ2v) is 7.10. The molecule has 0 fully saturated rings. The molecule has 0 aliphatic rings. The largest absolute Gasteiger partial charge is 0.497 e. The van der Waals surface area contributed by atoms with Gasteiger partial charge < -0.3 is 19.9 Å². The molecule has 8 heteroatoms. The Balaban J connectivity index is 1.64. The average Bonchev–Trinajstić information content (AvgIpc) is 2.88. The van der Waals surface area contributed by atoms with Crippen LogP contribution in [0.25, 0.3) is 11.5 Å². The molecule has 0 bridgehead atoms. The van der Waals surface area contributed by atoms with Crippen LogP contribution in [0.1, 0.15) is 27.5 Å². The summed E-state index contributed by atoms with van der Waals surface area (Å²) >= 11 is 0. The van der Waals surface area contributed by atoms with Crippen LogP contribution in [0.15, 0.2) is 79.1 Å². The van der Waals surface area contributed by atoms with Gasteiger partial charge in [0.2, 0.25) is 5.88 Å². The minimum Gasteiger partial charge on any atom is -0.497 e. The van der Waals surface area contributed by atoms with Gasteiger partial charge in [-0.2, -0.15) is 4.98 Å². The molecule has 4 aromatic rings. The highest BCUT2D eigenvalue weighted by atomic mass is 16.5. The summed E-state index contributed by atoms with van der Waals surface area (Å²) in [7, 11) is 3.18. The zero-order chi connectivity index (χ0) is 23.2. The molecule has 4 rings (SSSR count). The number of ether oxygens (including phenoxy) is 2. The van der Waals surface area contributed by atoms with Gasteiger partial charge in [0.05, 0.1) is 20.3 Å². The molecule has 1 amide bonds. The topological polar surface area (TPSA) is 106 Å². The van der Waals surface area contributed by atoms with Crippen molar-refractivity contribution in [3.63, 3.8) is 0 Å². The van der Waals surface area contributed by atoms with E-state index in [1.807, 2.05) is 48.5 Å². The molecule has 0 aliphatic carbocycles. The van der Waals surface area contributed by atoms with Crippen LogP contribution in [0.4, 0.5) is 0 Å². The van der Waals surface area contributed by atoms with E-state index in [9.17, 15) is 9.90 Å². The average molecular weight is 442 g/mol. The van der Waals surface area contributed by atoms with E-state index in [0.717, 1.165) is 11.1 Å². The van der Waals surface area contributed by atoms with Gasteiger partial charge in [-0.1, -0.05) is 30.3 Å². The fourth-order valence-corrected chi connectivity index (χ4v) is 3.31. The van der Waals surface area contributed by atoms with Crippen LogP contribution in [0.2, 0.25) is 0 Å². The first kappa shape index (κ1) is 21.8. The molecule has 0 radical (unpaired) electrons. The van der Waals surface area contributed by atoms with Crippen LogP contribution in [0.3, 0.4) is 0 Å². The molecule has 0 spiro atoms. The van der Waals surface area contributed by atoms with Gasteiger partial charge in [0, 0.05) is 12.4 Å². The number of carbonyl (C=O) groups is 1. The minimum atomic E-state index is -0.517. The molecule has 2 N–H and O–H groups in total. The number of hydrogen-bond acceptors (Lipinski definition) is 7. The van der Waals surface area contributed by atoms with E-state index in [4.69, 9.17) is 9.47 Å². The molecule has 2 aromatic heterocycles. The normalized spacial score (nSPS) is 10.6. The number of amides is 1. The van der Waals surface area contributed by atoms with Gasteiger partial charge in [0.1, 0.15) is 22.8 Å². The molecule has 2 heterocycles. The third-order valence-corrected chi connectivity index (χ3v) is 5.08. The SMILES string of the molecule is COc1ccc(C(NC(=O)c2cnc(-c3ccccn3)nc2O)c2ccc(OC)cc2)cc1. The molecule has 33 heavy (non-hydrogen) atoms. The van der Waals surface area contributed by atoms with Crippen molar-refractivity contribution in [1.82, 2.24) is 20.3 Å². The summed E-state index contributed by atoms with van der Waals surface area (Å²) in [4.78, 5) is 25.5. The number of rotatable bonds is 7. The fraction of sp³-hybridized carbons (Fsp3) is 0.120. The fourth-order valence-electron chi connectivity index (χ4n) is 3.31. The van der Waals surface area contributed by atoms with Crippen molar-refractivity contribution >= 4 is 5.91 Å². The number of nitrogens with zero attached hydrogens (tertiary/aromatic N) is 3. The summed E-state index contributed by atoms with van der Waals surface area (Å²) in [6.45, 7) is 0. The van der Waals surface area contributed by atoms with Crippen molar-refractivity contribution in [1.29, 1.82) is 0 Å². The number of hydrogen-bond donors (Lipinski definition) is 2. The van der Waals surface area contributed by atoms with Crippen LogP contribution in [0.5, 0.6) is 17.4 Å². The zero-order valence-electron chi connectivity index (χ0n) is 18.1. The predicted molar refractivity (Wildman–Crippen MR) is 122 cm³/mol. The first-order valence-electron chi connectivity index (χ1n) is 10.1. The molecule has 0 atom stereocenters. The molecule has 2 aromatic carbocycles. The molecule has 0 saturated carbocycles. The maximum absolute atomic E-state index is 13.1. The second-order valence-electron chi connectivity index (χ2n) is 7.10. The van der Waals surface area contributed by atoms with E-state index in [2.05, 4.69) is 20.3 Å². The lowest BCUT2D eigenvalue weighted by atomic mass is 9.98. The molecule has 0 saturated heterocycles. The smallest absolute Gasteiger partial charge is 0.259 e. The Morgan fingerprint density at radius 2 is 1.48 bits per heavy atom. The van der Waals surface area contributed by atoms with E-state index in [1.54, 1.807) is 38.6 Å².